The van der Waals surface area contributed by atoms with Crippen LogP contribution in [0.2, 0.25) is 0 Å². The number of unbranched alkanes of at least 4 members (excludes halogenated alkanes) is 2. The summed E-state index contributed by atoms with van der Waals surface area (Å²) in [7, 11) is 0. The fourth-order valence-electron chi connectivity index (χ4n) is 7.53. The summed E-state index contributed by atoms with van der Waals surface area (Å²) < 4.78 is 15.3. The van der Waals surface area contributed by atoms with Crippen molar-refractivity contribution >= 4 is 34.9 Å². The van der Waals surface area contributed by atoms with Gasteiger partial charge >= 0.3 is 0 Å². The second kappa shape index (κ2) is 11.0. The molecule has 4 atom stereocenters. The average Bonchev–Trinajstić information content (AvgIpc) is 3.53. The Morgan fingerprint density at radius 3 is 2.39 bits per heavy atom. The van der Waals surface area contributed by atoms with Crippen molar-refractivity contribution in [3.63, 3.8) is 0 Å². The Labute approximate surface area is 256 Å². The number of rotatable bonds is 8. The third kappa shape index (κ3) is 4.15. The molecule has 0 aromatic heterocycles. The molecule has 44 heavy (non-hydrogen) atoms. The number of nitrogens with one attached hydrogen (secondary N) is 1. The van der Waals surface area contributed by atoms with Crippen molar-refractivity contribution in [1.82, 2.24) is 0 Å². The van der Waals surface area contributed by atoms with E-state index in [1.807, 2.05) is 89.8 Å². The molecule has 5 nitrogen and oxygen atoms in total. The molecule has 3 aliphatic heterocycles. The predicted octanol–water partition coefficient (Wildman–Crippen LogP) is 7.41. The van der Waals surface area contributed by atoms with Crippen LogP contribution in [0, 0.1) is 11.7 Å². The Morgan fingerprint density at radius 1 is 0.864 bits per heavy atom. The first kappa shape index (κ1) is 28.0. The molecule has 1 N–H and O–H groups in total. The summed E-state index contributed by atoms with van der Waals surface area (Å²) in [6.07, 6.45) is 8.11. The van der Waals surface area contributed by atoms with Crippen LogP contribution in [-0.2, 0) is 16.6 Å². The highest BCUT2D eigenvalue weighted by molar-refractivity contribution is 6.18. The van der Waals surface area contributed by atoms with E-state index in [1.54, 1.807) is 6.07 Å². The van der Waals surface area contributed by atoms with Crippen LogP contribution in [0.1, 0.15) is 63.6 Å². The fourth-order valence-corrected chi connectivity index (χ4v) is 7.53. The number of hydrogen-bond donors (Lipinski definition) is 1. The van der Waals surface area contributed by atoms with Crippen LogP contribution in [0.3, 0.4) is 0 Å². The zero-order chi connectivity index (χ0) is 30.4. The van der Waals surface area contributed by atoms with E-state index in [4.69, 9.17) is 0 Å². The van der Waals surface area contributed by atoms with Gasteiger partial charge in [-0.15, -0.1) is 0 Å². The summed E-state index contributed by atoms with van der Waals surface area (Å²) in [4.78, 5) is 45.9. The average molecular weight is 585 g/mol. The number of benzene rings is 4. The zero-order valence-electron chi connectivity index (χ0n) is 24.5. The summed E-state index contributed by atoms with van der Waals surface area (Å²) in [5.41, 5.74) is 2.91. The van der Waals surface area contributed by atoms with E-state index in [0.717, 1.165) is 42.5 Å². The van der Waals surface area contributed by atoms with E-state index in [-0.39, 0.29) is 17.3 Å². The first-order valence-electron chi connectivity index (χ1n) is 15.3. The third-order valence-corrected chi connectivity index (χ3v) is 9.54. The molecule has 6 heteroatoms. The Balaban J connectivity index is 1.45. The van der Waals surface area contributed by atoms with Crippen LogP contribution in [0.25, 0.3) is 6.08 Å². The van der Waals surface area contributed by atoms with Gasteiger partial charge in [0.15, 0.2) is 11.6 Å². The van der Waals surface area contributed by atoms with Gasteiger partial charge < -0.3 is 10.2 Å². The highest BCUT2D eigenvalue weighted by Gasteiger charge is 2.70. The first-order valence-corrected chi connectivity index (χ1v) is 15.3. The quantitative estimate of drug-likeness (QED) is 0.173. The number of anilines is 2. The minimum Gasteiger partial charge on any atom is -0.352 e. The number of aryl methyl sites for hydroxylation is 1. The molecule has 7 rings (SSSR count). The van der Waals surface area contributed by atoms with Crippen LogP contribution in [0.15, 0.2) is 103 Å². The molecule has 4 aromatic rings. The normalized spacial score (nSPS) is 22.8. The number of halogens is 1. The number of carbonyl (C=O) groups is 3. The molecular formula is C38H33FN2O3. The molecule has 0 aliphatic carbocycles. The van der Waals surface area contributed by atoms with Crippen LogP contribution >= 0.6 is 0 Å². The van der Waals surface area contributed by atoms with Gasteiger partial charge in [-0.2, -0.15) is 0 Å². The second-order valence-electron chi connectivity index (χ2n) is 11.9. The molecule has 220 valence electrons. The van der Waals surface area contributed by atoms with Gasteiger partial charge in [0.2, 0.25) is 5.91 Å². The van der Waals surface area contributed by atoms with Crippen molar-refractivity contribution in [2.45, 2.75) is 50.1 Å². The van der Waals surface area contributed by atoms with Crippen molar-refractivity contribution in [2.24, 2.45) is 5.92 Å². The zero-order valence-corrected chi connectivity index (χ0v) is 24.5. The Kier molecular flexibility index (Phi) is 7.00. The molecule has 0 unspecified atom stereocenters. The van der Waals surface area contributed by atoms with Gasteiger partial charge in [0, 0.05) is 16.9 Å². The van der Waals surface area contributed by atoms with Crippen LogP contribution < -0.4 is 10.2 Å². The monoisotopic (exact) mass is 584 g/mol. The van der Waals surface area contributed by atoms with Crippen molar-refractivity contribution in [2.75, 3.05) is 10.2 Å². The van der Waals surface area contributed by atoms with Gasteiger partial charge in [0.25, 0.3) is 0 Å². The van der Waals surface area contributed by atoms with Gasteiger partial charge in [-0.1, -0.05) is 105 Å². The van der Waals surface area contributed by atoms with Gasteiger partial charge in [0.05, 0.1) is 17.5 Å². The smallest absolute Gasteiger partial charge is 0.238 e. The van der Waals surface area contributed by atoms with E-state index in [0.29, 0.717) is 16.8 Å². The number of amides is 1. The van der Waals surface area contributed by atoms with Crippen LogP contribution in [0.4, 0.5) is 15.8 Å². The SMILES string of the molecule is CCCCCc1ccc(C(=O)[C@@H]2[C@@H](C(=O)c3ccccc3F)N3c4ccccc4C=C[C@@H]3[C@]23C(=O)Nc2ccccc23)cc1. The molecule has 1 amide bonds. The topological polar surface area (TPSA) is 66.5 Å². The Bertz CT molecular complexity index is 1810. The lowest BCUT2D eigenvalue weighted by atomic mass is 9.64. The number of hydrogen-bond acceptors (Lipinski definition) is 4. The standard InChI is InChI=1S/C38H33FN2O3/c1-2-3-4-11-24-18-20-26(21-19-24)35(42)33-34(36(43)27-13-6-8-15-29(27)39)41-31-17-10-5-12-25(31)22-23-32(41)38(33)28-14-7-9-16-30(28)40-37(38)44/h5-10,12-23,32-34H,2-4,11H2,1H3,(H,40,44)/t32-,33+,34+,38+/m1/s1. The summed E-state index contributed by atoms with van der Waals surface area (Å²) in [5.74, 6) is -2.97. The van der Waals surface area contributed by atoms with E-state index in [2.05, 4.69) is 12.2 Å². The molecule has 0 radical (unpaired) electrons. The third-order valence-electron chi connectivity index (χ3n) is 9.54. The molecule has 1 fully saturated rings. The first-order chi connectivity index (χ1) is 21.5. The molecule has 3 aliphatic rings. The van der Waals surface area contributed by atoms with Gasteiger partial charge in [0.1, 0.15) is 17.3 Å². The maximum Gasteiger partial charge on any atom is 0.238 e. The largest absolute Gasteiger partial charge is 0.352 e. The molecule has 1 saturated heterocycles. The fraction of sp³-hybridized carbons (Fsp3) is 0.237. The predicted molar refractivity (Wildman–Crippen MR) is 171 cm³/mol. The lowest BCUT2D eigenvalue weighted by molar-refractivity contribution is -0.121. The summed E-state index contributed by atoms with van der Waals surface area (Å²) >= 11 is 0. The summed E-state index contributed by atoms with van der Waals surface area (Å²) in [5, 5.41) is 3.03. The van der Waals surface area contributed by atoms with E-state index < -0.39 is 35.0 Å². The highest BCUT2D eigenvalue weighted by atomic mass is 19.1. The highest BCUT2D eigenvalue weighted by Crippen LogP contribution is 2.58. The maximum atomic E-state index is 15.3. The van der Waals surface area contributed by atoms with Gasteiger partial charge in [-0.25, -0.2) is 4.39 Å². The maximum absolute atomic E-state index is 15.3. The molecule has 0 bridgehead atoms. The minimum absolute atomic E-state index is 0.101. The van der Waals surface area contributed by atoms with Gasteiger partial charge in [-0.05, 0) is 53.8 Å². The molecule has 1 spiro atoms. The van der Waals surface area contributed by atoms with E-state index >= 15 is 4.39 Å². The second-order valence-corrected chi connectivity index (χ2v) is 11.9. The van der Waals surface area contributed by atoms with E-state index in [1.165, 1.54) is 18.2 Å². The number of ketones is 2. The van der Waals surface area contributed by atoms with Crippen molar-refractivity contribution in [1.29, 1.82) is 0 Å². The lowest BCUT2D eigenvalue weighted by Gasteiger charge is -2.37. The van der Waals surface area contributed by atoms with Crippen LogP contribution in [0.5, 0.6) is 0 Å². The molecule has 3 heterocycles. The Hall–Kier alpha value is -4.84. The molecule has 0 saturated carbocycles. The van der Waals surface area contributed by atoms with Gasteiger partial charge in [-0.3, -0.25) is 14.4 Å². The van der Waals surface area contributed by atoms with Crippen molar-refractivity contribution in [3.05, 3.63) is 137 Å². The minimum atomic E-state index is -1.43. The Morgan fingerprint density at radius 2 is 1.59 bits per heavy atom. The van der Waals surface area contributed by atoms with Crippen molar-refractivity contribution in [3.8, 4) is 0 Å². The number of nitrogens with zero attached hydrogens (tertiary/aromatic N) is 1. The van der Waals surface area contributed by atoms with E-state index in [9.17, 15) is 14.4 Å². The summed E-state index contributed by atoms with van der Waals surface area (Å²) in [6.45, 7) is 2.16. The number of para-hydroxylation sites is 2. The molecule has 4 aromatic carbocycles. The number of fused-ring (bicyclic) bond motifs is 6. The van der Waals surface area contributed by atoms with Crippen LogP contribution in [-0.4, -0.2) is 29.6 Å². The number of Topliss-reactive ketones (excluding diaryl/α,β-unsaturated/α-hetero) is 2. The summed E-state index contributed by atoms with van der Waals surface area (Å²) in [6, 6.07) is 26.6. The lowest BCUT2D eigenvalue weighted by Crippen LogP contribution is -2.51. The number of carbonyl (C=O) groups excluding carboxylic acids is 3. The van der Waals surface area contributed by atoms with Crippen molar-refractivity contribution < 1.29 is 18.8 Å². The molecular weight excluding hydrogens is 551 g/mol.